The summed E-state index contributed by atoms with van der Waals surface area (Å²) >= 11 is 0. The third-order valence-electron chi connectivity index (χ3n) is 6.36. The van der Waals surface area contributed by atoms with Crippen molar-refractivity contribution < 1.29 is 14.4 Å². The lowest BCUT2D eigenvalue weighted by Gasteiger charge is -2.29. The maximum absolute atomic E-state index is 12.9. The minimum absolute atomic E-state index is 0.199. The number of hydrogen-bond donors (Lipinski definition) is 1. The number of aromatic nitrogens is 5. The largest absolute Gasteiger partial charge is 0.331 e. The predicted molar refractivity (Wildman–Crippen MR) is 124 cm³/mol. The summed E-state index contributed by atoms with van der Waals surface area (Å²) in [7, 11) is 0. The molecule has 2 aliphatic rings. The molecule has 35 heavy (non-hydrogen) atoms. The van der Waals surface area contributed by atoms with Gasteiger partial charge in [-0.2, -0.15) is 0 Å². The zero-order valence-corrected chi connectivity index (χ0v) is 18.7. The Hall–Kier alpha value is -4.60. The van der Waals surface area contributed by atoms with Gasteiger partial charge in [-0.3, -0.25) is 19.7 Å². The molecule has 1 fully saturated rings. The molecule has 2 aromatic carbocycles. The topological polar surface area (TPSA) is 115 Å². The highest BCUT2D eigenvalue weighted by Gasteiger charge is 2.39. The lowest BCUT2D eigenvalue weighted by molar-refractivity contribution is -0.136. The third-order valence-corrected chi connectivity index (χ3v) is 6.36. The van der Waals surface area contributed by atoms with Crippen LogP contribution < -0.4 is 5.32 Å². The van der Waals surface area contributed by atoms with Crippen LogP contribution in [0.2, 0.25) is 0 Å². The van der Waals surface area contributed by atoms with Gasteiger partial charge >= 0.3 is 0 Å². The van der Waals surface area contributed by atoms with E-state index in [2.05, 4.69) is 20.6 Å². The van der Waals surface area contributed by atoms with E-state index in [1.807, 2.05) is 59.4 Å². The summed E-state index contributed by atoms with van der Waals surface area (Å²) < 4.78 is 3.62. The number of amides is 3. The molecule has 174 valence electrons. The second-order valence-corrected chi connectivity index (χ2v) is 8.69. The summed E-state index contributed by atoms with van der Waals surface area (Å²) in [5.74, 6) is -0.917. The Bertz CT molecular complexity index is 1460. The van der Waals surface area contributed by atoms with E-state index in [4.69, 9.17) is 0 Å². The molecule has 1 unspecified atom stereocenters. The first-order chi connectivity index (χ1) is 17.0. The van der Waals surface area contributed by atoms with Gasteiger partial charge in [0.05, 0.1) is 30.5 Å². The first kappa shape index (κ1) is 21.0. The van der Waals surface area contributed by atoms with Crippen LogP contribution in [0, 0.1) is 0 Å². The van der Waals surface area contributed by atoms with Crippen molar-refractivity contribution in [1.82, 2.24) is 34.8 Å². The Morgan fingerprint density at radius 1 is 1.03 bits per heavy atom. The first-order valence-electron chi connectivity index (χ1n) is 11.3. The number of nitrogens with zero attached hydrogens (tertiary/aromatic N) is 6. The molecule has 1 saturated heterocycles. The first-order valence-corrected chi connectivity index (χ1v) is 11.3. The fraction of sp³-hybridized carbons (Fsp3) is 0.200. The summed E-state index contributed by atoms with van der Waals surface area (Å²) in [5.41, 5.74) is 4.86. The highest BCUT2D eigenvalue weighted by Crippen LogP contribution is 2.29. The van der Waals surface area contributed by atoms with Crippen molar-refractivity contribution in [2.75, 3.05) is 0 Å². The predicted octanol–water partition coefficient (Wildman–Crippen LogP) is 1.94. The van der Waals surface area contributed by atoms with Crippen LogP contribution in [0.3, 0.4) is 0 Å². The number of imidazole rings is 1. The van der Waals surface area contributed by atoms with Crippen LogP contribution in [-0.4, -0.2) is 53.2 Å². The molecule has 4 aromatic rings. The number of fused-ring (bicyclic) bond motifs is 1. The van der Waals surface area contributed by atoms with Gasteiger partial charge < -0.3 is 9.47 Å². The van der Waals surface area contributed by atoms with Gasteiger partial charge in [0, 0.05) is 30.3 Å². The number of piperidine rings is 1. The maximum atomic E-state index is 12.9. The molecule has 0 saturated carbocycles. The van der Waals surface area contributed by atoms with Crippen molar-refractivity contribution in [3.63, 3.8) is 0 Å². The van der Waals surface area contributed by atoms with E-state index in [9.17, 15) is 14.4 Å². The molecule has 3 amide bonds. The molecule has 1 atom stereocenters. The molecule has 6 rings (SSSR count). The molecule has 4 heterocycles. The van der Waals surface area contributed by atoms with Crippen LogP contribution in [0.5, 0.6) is 0 Å². The van der Waals surface area contributed by atoms with Gasteiger partial charge in [0.15, 0.2) is 0 Å². The Balaban J connectivity index is 1.18. The van der Waals surface area contributed by atoms with Gasteiger partial charge in [-0.15, -0.1) is 5.10 Å². The molecule has 10 heteroatoms. The zero-order chi connectivity index (χ0) is 23.9. The molecular weight excluding hydrogens is 446 g/mol. The number of hydrogen-bond acceptors (Lipinski definition) is 6. The van der Waals surface area contributed by atoms with Crippen molar-refractivity contribution >= 4 is 17.7 Å². The summed E-state index contributed by atoms with van der Waals surface area (Å²) in [6, 6.07) is 14.8. The lowest BCUT2D eigenvalue weighted by Crippen LogP contribution is -2.52. The zero-order valence-electron chi connectivity index (χ0n) is 18.7. The Morgan fingerprint density at radius 3 is 2.71 bits per heavy atom. The minimum Gasteiger partial charge on any atom is -0.331 e. The van der Waals surface area contributed by atoms with E-state index in [1.54, 1.807) is 17.1 Å². The molecule has 0 radical (unpaired) electrons. The molecular formula is C25H21N7O3. The van der Waals surface area contributed by atoms with Gasteiger partial charge in [0.1, 0.15) is 11.7 Å². The Morgan fingerprint density at radius 2 is 1.89 bits per heavy atom. The van der Waals surface area contributed by atoms with Crippen LogP contribution in [0.25, 0.3) is 16.9 Å². The number of carbonyl (C=O) groups excluding carboxylic acids is 3. The Labute approximate surface area is 200 Å². The standard InChI is InChI=1S/C25H21N7O3/c33-23-9-8-22(24(34)27-23)31-11-17-10-19(6-7-20(17)25(31)35)32-13-18(28-29-32)12-30-14-21(26-15-30)16-4-2-1-3-5-16/h1-7,10,13-15,22H,8-9,11-12H2,(H,27,33,34). The van der Waals surface area contributed by atoms with Crippen molar-refractivity contribution in [2.45, 2.75) is 32.0 Å². The van der Waals surface area contributed by atoms with E-state index < -0.39 is 11.9 Å². The number of benzene rings is 2. The van der Waals surface area contributed by atoms with Gasteiger partial charge in [0.2, 0.25) is 11.8 Å². The van der Waals surface area contributed by atoms with Gasteiger partial charge in [-0.1, -0.05) is 35.5 Å². The maximum Gasteiger partial charge on any atom is 0.255 e. The highest BCUT2D eigenvalue weighted by atomic mass is 16.2. The number of rotatable bonds is 5. The monoisotopic (exact) mass is 467 g/mol. The summed E-state index contributed by atoms with van der Waals surface area (Å²) in [6.45, 7) is 0.833. The van der Waals surface area contributed by atoms with Crippen molar-refractivity contribution in [2.24, 2.45) is 0 Å². The van der Waals surface area contributed by atoms with Gasteiger partial charge in [-0.05, 0) is 30.2 Å². The molecule has 0 spiro atoms. The summed E-state index contributed by atoms with van der Waals surface area (Å²) in [5, 5.41) is 10.9. The smallest absolute Gasteiger partial charge is 0.255 e. The van der Waals surface area contributed by atoms with Crippen LogP contribution in [0.15, 0.2) is 67.3 Å². The Kier molecular flexibility index (Phi) is 4.98. The van der Waals surface area contributed by atoms with Crippen molar-refractivity contribution in [3.8, 4) is 16.9 Å². The number of imide groups is 1. The van der Waals surface area contributed by atoms with E-state index in [0.717, 1.165) is 28.2 Å². The number of carbonyl (C=O) groups is 3. The quantitative estimate of drug-likeness (QED) is 0.449. The van der Waals surface area contributed by atoms with Crippen molar-refractivity contribution in [3.05, 3.63) is 84.1 Å². The summed E-state index contributed by atoms with van der Waals surface area (Å²) in [6.07, 6.45) is 6.15. The minimum atomic E-state index is -0.634. The number of nitrogens with one attached hydrogen (secondary N) is 1. The second-order valence-electron chi connectivity index (χ2n) is 8.69. The van der Waals surface area contributed by atoms with Crippen LogP contribution in [0.4, 0.5) is 0 Å². The molecule has 2 aliphatic heterocycles. The van der Waals surface area contributed by atoms with Crippen LogP contribution >= 0.6 is 0 Å². The average molecular weight is 467 g/mol. The van der Waals surface area contributed by atoms with E-state index in [0.29, 0.717) is 25.1 Å². The van der Waals surface area contributed by atoms with Gasteiger partial charge in [0.25, 0.3) is 5.91 Å². The normalized spacial score (nSPS) is 17.5. The lowest BCUT2D eigenvalue weighted by atomic mass is 10.0. The highest BCUT2D eigenvalue weighted by molar-refractivity contribution is 6.05. The molecule has 1 N–H and O–H groups in total. The fourth-order valence-corrected chi connectivity index (χ4v) is 4.59. The van der Waals surface area contributed by atoms with Crippen LogP contribution in [-0.2, 0) is 22.7 Å². The fourth-order valence-electron chi connectivity index (χ4n) is 4.59. The molecule has 0 bridgehead atoms. The van der Waals surface area contributed by atoms with Crippen molar-refractivity contribution in [1.29, 1.82) is 0 Å². The third kappa shape index (κ3) is 3.88. The van der Waals surface area contributed by atoms with E-state index >= 15 is 0 Å². The summed E-state index contributed by atoms with van der Waals surface area (Å²) in [4.78, 5) is 42.6. The SMILES string of the molecule is O=C1CCC(N2Cc3cc(-n4cc(Cn5cnc(-c6ccccc6)c5)nn4)ccc3C2=O)C(=O)N1. The van der Waals surface area contributed by atoms with E-state index in [1.165, 1.54) is 4.90 Å². The van der Waals surface area contributed by atoms with Crippen LogP contribution in [0.1, 0.15) is 34.5 Å². The van der Waals surface area contributed by atoms with Gasteiger partial charge in [-0.25, -0.2) is 9.67 Å². The molecule has 0 aliphatic carbocycles. The molecule has 2 aromatic heterocycles. The average Bonchev–Trinajstić information content (AvgIpc) is 3.60. The van der Waals surface area contributed by atoms with E-state index in [-0.39, 0.29) is 18.2 Å². The second kappa shape index (κ2) is 8.32. The molecule has 10 nitrogen and oxygen atoms in total.